The molecule has 0 fully saturated rings. The van der Waals surface area contributed by atoms with E-state index in [4.69, 9.17) is 4.42 Å². The molecule has 0 unspecified atom stereocenters. The Labute approximate surface area is 142 Å². The highest BCUT2D eigenvalue weighted by Gasteiger charge is 2.14. The summed E-state index contributed by atoms with van der Waals surface area (Å²) in [6.07, 6.45) is 2.98. The average molecular weight is 341 g/mol. The molecule has 0 aliphatic heterocycles. The number of carbonyl (C=O) groups excluding carboxylic acids is 1. The van der Waals surface area contributed by atoms with E-state index in [1.165, 1.54) is 28.0 Å². The monoisotopic (exact) mass is 341 g/mol. The normalized spacial score (nSPS) is 10.6. The molecule has 0 spiro atoms. The number of furan rings is 1. The zero-order valence-corrected chi connectivity index (χ0v) is 13.4. The molecule has 0 radical (unpaired) electrons. The molecule has 9 nitrogen and oxygen atoms in total. The number of hydrogen-bond acceptors (Lipinski definition) is 6. The predicted octanol–water partition coefficient (Wildman–Crippen LogP) is 2.10. The number of likely N-dealkylation sites (N-methyl/N-ethyl adjacent to an activating group) is 1. The van der Waals surface area contributed by atoms with E-state index < -0.39 is 4.92 Å². The van der Waals surface area contributed by atoms with E-state index in [0.29, 0.717) is 23.7 Å². The lowest BCUT2D eigenvalue weighted by Gasteiger charge is -2.15. The van der Waals surface area contributed by atoms with Gasteiger partial charge in [-0.3, -0.25) is 14.9 Å². The molecule has 2 heterocycles. The summed E-state index contributed by atoms with van der Waals surface area (Å²) in [6.45, 7) is 0.372. The second-order valence-corrected chi connectivity index (χ2v) is 5.40. The summed E-state index contributed by atoms with van der Waals surface area (Å²) < 4.78 is 6.61. The van der Waals surface area contributed by atoms with Crippen LogP contribution in [0.15, 0.2) is 53.4 Å². The Balaban J connectivity index is 1.68. The van der Waals surface area contributed by atoms with Crippen molar-refractivity contribution < 1.29 is 14.1 Å². The van der Waals surface area contributed by atoms with Crippen molar-refractivity contribution in [2.24, 2.45) is 0 Å². The first kappa shape index (κ1) is 16.4. The molecule has 0 saturated heterocycles. The zero-order valence-electron chi connectivity index (χ0n) is 13.4. The van der Waals surface area contributed by atoms with Crippen molar-refractivity contribution in [2.75, 3.05) is 7.05 Å². The van der Waals surface area contributed by atoms with E-state index >= 15 is 0 Å². The van der Waals surface area contributed by atoms with Crippen molar-refractivity contribution in [3.8, 4) is 11.4 Å². The van der Waals surface area contributed by atoms with E-state index in [0.717, 1.165) is 0 Å². The van der Waals surface area contributed by atoms with Crippen LogP contribution in [0.3, 0.4) is 0 Å². The van der Waals surface area contributed by atoms with Gasteiger partial charge in [0.05, 0.1) is 17.7 Å². The average Bonchev–Trinajstić information content (AvgIpc) is 3.27. The Kier molecular flexibility index (Phi) is 4.55. The largest absolute Gasteiger partial charge is 0.467 e. The molecule has 9 heteroatoms. The van der Waals surface area contributed by atoms with Gasteiger partial charge in [-0.2, -0.15) is 5.10 Å². The van der Waals surface area contributed by atoms with Gasteiger partial charge >= 0.3 is 0 Å². The van der Waals surface area contributed by atoms with E-state index in [-0.39, 0.29) is 18.1 Å². The summed E-state index contributed by atoms with van der Waals surface area (Å²) >= 11 is 0. The molecule has 0 atom stereocenters. The van der Waals surface area contributed by atoms with Gasteiger partial charge in [-0.25, -0.2) is 9.67 Å². The first-order valence-electron chi connectivity index (χ1n) is 7.43. The van der Waals surface area contributed by atoms with E-state index in [1.54, 1.807) is 37.6 Å². The van der Waals surface area contributed by atoms with Crippen LogP contribution < -0.4 is 0 Å². The number of hydrogen-bond donors (Lipinski definition) is 0. The summed E-state index contributed by atoms with van der Waals surface area (Å²) in [4.78, 5) is 28.2. The zero-order chi connectivity index (χ0) is 17.8. The lowest BCUT2D eigenvalue weighted by atomic mass is 10.2. The van der Waals surface area contributed by atoms with Crippen LogP contribution in [-0.4, -0.2) is 37.5 Å². The molecule has 3 rings (SSSR count). The molecule has 3 aromatic rings. The topological polar surface area (TPSA) is 107 Å². The molecule has 0 aliphatic rings. The van der Waals surface area contributed by atoms with E-state index in [2.05, 4.69) is 10.1 Å². The van der Waals surface area contributed by atoms with Gasteiger partial charge < -0.3 is 9.32 Å². The Morgan fingerprint density at radius 3 is 2.92 bits per heavy atom. The quantitative estimate of drug-likeness (QED) is 0.502. The van der Waals surface area contributed by atoms with Crippen LogP contribution in [0.25, 0.3) is 11.4 Å². The van der Waals surface area contributed by atoms with Gasteiger partial charge in [0.15, 0.2) is 5.82 Å². The number of aromatic nitrogens is 3. The highest BCUT2D eigenvalue weighted by Crippen LogP contribution is 2.20. The molecule has 0 saturated carbocycles. The third kappa shape index (κ3) is 3.89. The number of nitro benzene ring substituents is 1. The van der Waals surface area contributed by atoms with Crippen LogP contribution in [0.1, 0.15) is 5.76 Å². The number of benzene rings is 1. The number of nitrogens with zero attached hydrogens (tertiary/aromatic N) is 5. The summed E-state index contributed by atoms with van der Waals surface area (Å²) in [7, 11) is 1.67. The number of amides is 1. The fraction of sp³-hybridized carbons (Fsp3) is 0.188. The van der Waals surface area contributed by atoms with Gasteiger partial charge in [-0.05, 0) is 12.1 Å². The van der Waals surface area contributed by atoms with Crippen molar-refractivity contribution in [1.29, 1.82) is 0 Å². The Bertz CT molecular complexity index is 888. The van der Waals surface area contributed by atoms with Gasteiger partial charge in [0.2, 0.25) is 5.91 Å². The van der Waals surface area contributed by atoms with Gasteiger partial charge in [0, 0.05) is 24.7 Å². The van der Waals surface area contributed by atoms with Crippen molar-refractivity contribution in [3.63, 3.8) is 0 Å². The molecule has 1 amide bonds. The number of non-ortho nitro benzene ring substituents is 1. The van der Waals surface area contributed by atoms with Crippen LogP contribution in [0.2, 0.25) is 0 Å². The lowest BCUT2D eigenvalue weighted by molar-refractivity contribution is -0.384. The van der Waals surface area contributed by atoms with Gasteiger partial charge in [0.25, 0.3) is 5.69 Å². The fourth-order valence-corrected chi connectivity index (χ4v) is 2.25. The fourth-order valence-electron chi connectivity index (χ4n) is 2.25. The summed E-state index contributed by atoms with van der Waals surface area (Å²) in [5, 5.41) is 15.1. The molecule has 2 aromatic heterocycles. The molecule has 128 valence electrons. The van der Waals surface area contributed by atoms with Crippen LogP contribution >= 0.6 is 0 Å². The molecule has 0 aliphatic carbocycles. The lowest BCUT2D eigenvalue weighted by Crippen LogP contribution is -2.29. The molecule has 1 aromatic carbocycles. The SMILES string of the molecule is CN(Cc1ccco1)C(=O)Cn1cnc(-c2cccc([N+](=O)[O-])c2)n1. The Hall–Kier alpha value is -3.49. The maximum atomic E-state index is 12.2. The third-order valence-electron chi connectivity index (χ3n) is 3.55. The first-order chi connectivity index (χ1) is 12.0. The van der Waals surface area contributed by atoms with Crippen LogP contribution in [0.4, 0.5) is 5.69 Å². The second-order valence-electron chi connectivity index (χ2n) is 5.40. The Morgan fingerprint density at radius 2 is 2.20 bits per heavy atom. The minimum Gasteiger partial charge on any atom is -0.467 e. The second kappa shape index (κ2) is 6.95. The van der Waals surface area contributed by atoms with E-state index in [9.17, 15) is 14.9 Å². The van der Waals surface area contributed by atoms with Gasteiger partial charge in [-0.15, -0.1) is 0 Å². The summed E-state index contributed by atoms with van der Waals surface area (Å²) in [5.74, 6) is 0.851. The maximum absolute atomic E-state index is 12.2. The smallest absolute Gasteiger partial charge is 0.270 e. The van der Waals surface area contributed by atoms with Crippen LogP contribution in [0, 0.1) is 10.1 Å². The van der Waals surface area contributed by atoms with Gasteiger partial charge in [-0.1, -0.05) is 12.1 Å². The highest BCUT2D eigenvalue weighted by molar-refractivity contribution is 5.75. The van der Waals surface area contributed by atoms with Crippen molar-refractivity contribution >= 4 is 11.6 Å². The highest BCUT2D eigenvalue weighted by atomic mass is 16.6. The summed E-state index contributed by atoms with van der Waals surface area (Å²) in [5.41, 5.74) is 0.479. The minimum atomic E-state index is -0.479. The van der Waals surface area contributed by atoms with E-state index in [1.807, 2.05) is 0 Å². The van der Waals surface area contributed by atoms with Crippen molar-refractivity contribution in [1.82, 2.24) is 19.7 Å². The number of rotatable bonds is 6. The molecular weight excluding hydrogens is 326 g/mol. The minimum absolute atomic E-state index is 0.0130. The van der Waals surface area contributed by atoms with Crippen LogP contribution in [0.5, 0.6) is 0 Å². The van der Waals surface area contributed by atoms with Gasteiger partial charge in [0.1, 0.15) is 18.6 Å². The molecule has 0 N–H and O–H groups in total. The number of carbonyl (C=O) groups is 1. The predicted molar refractivity (Wildman–Crippen MR) is 87.3 cm³/mol. The molecule has 25 heavy (non-hydrogen) atoms. The third-order valence-corrected chi connectivity index (χ3v) is 3.55. The molecular formula is C16H15N5O4. The summed E-state index contributed by atoms with van der Waals surface area (Å²) in [6, 6.07) is 9.59. The van der Waals surface area contributed by atoms with Crippen LogP contribution in [-0.2, 0) is 17.9 Å². The number of nitro groups is 1. The Morgan fingerprint density at radius 1 is 1.36 bits per heavy atom. The van der Waals surface area contributed by atoms with Crippen molar-refractivity contribution in [3.05, 3.63) is 64.9 Å². The first-order valence-corrected chi connectivity index (χ1v) is 7.43. The standard InChI is InChI=1S/C16H15N5O4/c1-19(9-14-6-3-7-25-14)15(22)10-20-11-17-16(18-20)12-4-2-5-13(8-12)21(23)24/h2-8,11H,9-10H2,1H3. The molecule has 0 bridgehead atoms. The van der Waals surface area contributed by atoms with Crippen molar-refractivity contribution in [2.45, 2.75) is 13.1 Å². The maximum Gasteiger partial charge on any atom is 0.270 e.